The van der Waals surface area contributed by atoms with Crippen LogP contribution in [0, 0.1) is 0 Å². The Bertz CT molecular complexity index is 3910. The average molecular weight is 910 g/mol. The summed E-state index contributed by atoms with van der Waals surface area (Å²) in [6.45, 7) is 0. The average Bonchev–Trinajstić information content (AvgIpc) is 4.08. The zero-order valence-electron chi connectivity index (χ0n) is 38.1. The molecule has 0 aliphatic carbocycles. The first-order chi connectivity index (χ1) is 34.8. The van der Waals surface area contributed by atoms with E-state index in [1.807, 2.05) is 0 Å². The molecule has 14 rings (SSSR count). The van der Waals surface area contributed by atoms with Gasteiger partial charge < -0.3 is 4.57 Å². The molecule has 0 atom stereocenters. The SMILES string of the molecule is c1ccc([Si](c2ccccc2)(c2ccccc2)c2ccc(-c3nc(-n4c5ccccc5c5ccccc54)cc(-n4c5ccccc5c5ccccc54)n3)c(-n3c4ccccc4c4ccccc43)c2)cc1. The highest BCUT2D eigenvalue weighted by atomic mass is 28.3. The van der Waals surface area contributed by atoms with Crippen LogP contribution in [0.1, 0.15) is 0 Å². The summed E-state index contributed by atoms with van der Waals surface area (Å²) in [7, 11) is -3.00. The van der Waals surface area contributed by atoms with Crippen molar-refractivity contribution in [3.8, 4) is 28.7 Å². The Labute approximate surface area is 405 Å². The smallest absolute Gasteiger partial charge is 0.179 e. The summed E-state index contributed by atoms with van der Waals surface area (Å²) in [5, 5.41) is 12.3. The van der Waals surface area contributed by atoms with Gasteiger partial charge >= 0.3 is 0 Å². The molecule has 0 saturated carbocycles. The molecule has 0 radical (unpaired) electrons. The van der Waals surface area contributed by atoms with Crippen LogP contribution in [-0.2, 0) is 0 Å². The summed E-state index contributed by atoms with van der Waals surface area (Å²) in [6.07, 6.45) is 0. The minimum atomic E-state index is -3.00. The van der Waals surface area contributed by atoms with Gasteiger partial charge in [0.1, 0.15) is 11.6 Å². The Hall–Kier alpha value is -9.10. The van der Waals surface area contributed by atoms with Gasteiger partial charge in [0.05, 0.1) is 38.8 Å². The van der Waals surface area contributed by atoms with Crippen LogP contribution >= 0.6 is 0 Å². The zero-order chi connectivity index (χ0) is 46.2. The summed E-state index contributed by atoms with van der Waals surface area (Å²) in [4.78, 5) is 11.5. The van der Waals surface area contributed by atoms with Crippen LogP contribution in [0.2, 0.25) is 0 Å². The fraction of sp³-hybridized carbons (Fsp3) is 0. The van der Waals surface area contributed by atoms with E-state index in [1.54, 1.807) is 0 Å². The molecule has 10 aromatic carbocycles. The normalized spacial score (nSPS) is 12.0. The van der Waals surface area contributed by atoms with Gasteiger partial charge in [-0.15, -0.1) is 0 Å². The Balaban J connectivity index is 1.14. The Kier molecular flexibility index (Phi) is 9.15. The van der Waals surface area contributed by atoms with Gasteiger partial charge in [0.25, 0.3) is 0 Å². The largest absolute Gasteiger partial charge is 0.309 e. The van der Waals surface area contributed by atoms with Crippen molar-refractivity contribution in [2.45, 2.75) is 0 Å². The second kappa shape index (κ2) is 16.0. The van der Waals surface area contributed by atoms with Gasteiger partial charge in [-0.05, 0) is 69.3 Å². The highest BCUT2D eigenvalue weighted by Gasteiger charge is 2.42. The van der Waals surface area contributed by atoms with E-state index >= 15 is 0 Å². The van der Waals surface area contributed by atoms with Gasteiger partial charge in [0.2, 0.25) is 0 Å². The number of aromatic nitrogens is 5. The number of hydrogen-bond acceptors (Lipinski definition) is 2. The van der Waals surface area contributed by atoms with Crippen LogP contribution in [0.25, 0.3) is 94.1 Å². The van der Waals surface area contributed by atoms with Crippen molar-refractivity contribution in [1.29, 1.82) is 0 Å². The van der Waals surface area contributed by atoms with Crippen LogP contribution in [-0.4, -0.2) is 31.7 Å². The van der Waals surface area contributed by atoms with E-state index in [9.17, 15) is 0 Å². The third-order valence-electron chi connectivity index (χ3n) is 14.4. The van der Waals surface area contributed by atoms with E-state index in [-0.39, 0.29) is 0 Å². The lowest BCUT2D eigenvalue weighted by molar-refractivity contribution is 0.991. The summed E-state index contributed by atoms with van der Waals surface area (Å²) < 4.78 is 7.10. The predicted octanol–water partition coefficient (Wildman–Crippen LogP) is 12.8. The Morgan fingerprint density at radius 2 is 0.557 bits per heavy atom. The molecule has 5 nitrogen and oxygen atoms in total. The highest BCUT2D eigenvalue weighted by Crippen LogP contribution is 2.39. The molecule has 328 valence electrons. The van der Waals surface area contributed by atoms with Crippen molar-refractivity contribution < 1.29 is 0 Å². The summed E-state index contributed by atoms with van der Waals surface area (Å²) in [5.74, 6) is 2.21. The van der Waals surface area contributed by atoms with Gasteiger partial charge in [-0.25, -0.2) is 9.97 Å². The summed E-state index contributed by atoms with van der Waals surface area (Å²) in [5.41, 5.74) is 8.53. The lowest BCUT2D eigenvalue weighted by atomic mass is 10.1. The summed E-state index contributed by atoms with van der Waals surface area (Å²) >= 11 is 0. The maximum absolute atomic E-state index is 5.75. The van der Waals surface area contributed by atoms with Crippen LogP contribution in [0.3, 0.4) is 0 Å². The molecule has 0 N–H and O–H groups in total. The molecule has 0 spiro atoms. The van der Waals surface area contributed by atoms with Gasteiger partial charge in [-0.2, -0.15) is 0 Å². The van der Waals surface area contributed by atoms with E-state index in [1.165, 1.54) is 53.1 Å². The number of fused-ring (bicyclic) bond motifs is 9. The molecular formula is C64H43N5Si. The Morgan fingerprint density at radius 3 is 0.900 bits per heavy atom. The molecular weight excluding hydrogens is 867 g/mol. The molecule has 6 heteroatoms. The monoisotopic (exact) mass is 909 g/mol. The fourth-order valence-electron chi connectivity index (χ4n) is 11.5. The second-order valence-electron chi connectivity index (χ2n) is 18.1. The maximum Gasteiger partial charge on any atom is 0.179 e. The van der Waals surface area contributed by atoms with Crippen molar-refractivity contribution in [3.05, 3.63) is 261 Å². The lowest BCUT2D eigenvalue weighted by Crippen LogP contribution is -2.74. The van der Waals surface area contributed by atoms with Crippen molar-refractivity contribution in [1.82, 2.24) is 23.7 Å². The quantitative estimate of drug-likeness (QED) is 0.113. The van der Waals surface area contributed by atoms with Crippen LogP contribution in [0.15, 0.2) is 261 Å². The number of para-hydroxylation sites is 6. The molecule has 0 unspecified atom stereocenters. The van der Waals surface area contributed by atoms with Crippen molar-refractivity contribution in [2.24, 2.45) is 0 Å². The standard InChI is InChI=1S/C64H43N5Si/c1-4-22-44(23-5-1)70(45-24-6-2-7-25-45,46-26-8-3-9-27-46)47-40-41-54(61(42-47)67-55-34-16-10-28-48(55)49-29-11-17-35-56(49)67)64-65-62(68-57-36-18-12-30-50(57)51-31-13-19-37-58(51)68)43-63(66-64)69-59-38-20-14-32-52(59)53-33-15-21-39-60(53)69/h1-43H. The molecule has 0 bridgehead atoms. The molecule has 0 saturated heterocycles. The van der Waals surface area contributed by atoms with Gasteiger partial charge in [-0.3, -0.25) is 9.13 Å². The first kappa shape index (κ1) is 40.0. The molecule has 4 aromatic heterocycles. The number of hydrogen-bond donors (Lipinski definition) is 0. The third kappa shape index (κ3) is 5.97. The molecule has 14 aromatic rings. The second-order valence-corrected chi connectivity index (χ2v) is 21.9. The van der Waals surface area contributed by atoms with E-state index in [0.717, 1.165) is 56.0 Å². The number of rotatable bonds is 8. The van der Waals surface area contributed by atoms with E-state index in [0.29, 0.717) is 5.82 Å². The third-order valence-corrected chi connectivity index (χ3v) is 19.2. The highest BCUT2D eigenvalue weighted by molar-refractivity contribution is 7.19. The molecule has 0 aliphatic rings. The number of nitrogens with zero attached hydrogens (tertiary/aromatic N) is 5. The molecule has 70 heavy (non-hydrogen) atoms. The lowest BCUT2D eigenvalue weighted by Gasteiger charge is -2.35. The van der Waals surface area contributed by atoms with E-state index in [4.69, 9.17) is 9.97 Å². The zero-order valence-corrected chi connectivity index (χ0v) is 39.1. The molecule has 0 aliphatic heterocycles. The molecule has 0 amide bonds. The summed E-state index contributed by atoms with van der Waals surface area (Å²) in [6, 6.07) is 95.1. The van der Waals surface area contributed by atoms with Crippen LogP contribution < -0.4 is 20.7 Å². The minimum Gasteiger partial charge on any atom is -0.309 e. The van der Waals surface area contributed by atoms with Gasteiger partial charge in [0, 0.05) is 43.9 Å². The van der Waals surface area contributed by atoms with E-state index < -0.39 is 8.07 Å². The predicted molar refractivity (Wildman–Crippen MR) is 294 cm³/mol. The first-order valence-electron chi connectivity index (χ1n) is 23.9. The molecule has 4 heterocycles. The van der Waals surface area contributed by atoms with Crippen molar-refractivity contribution >= 4 is 94.2 Å². The van der Waals surface area contributed by atoms with E-state index in [2.05, 4.69) is 275 Å². The van der Waals surface area contributed by atoms with Crippen molar-refractivity contribution in [3.63, 3.8) is 0 Å². The topological polar surface area (TPSA) is 40.6 Å². The van der Waals surface area contributed by atoms with Crippen molar-refractivity contribution in [2.75, 3.05) is 0 Å². The fourth-order valence-corrected chi connectivity index (χ4v) is 16.3. The van der Waals surface area contributed by atoms with Gasteiger partial charge in [0.15, 0.2) is 13.9 Å². The number of benzene rings is 10. The van der Waals surface area contributed by atoms with Crippen LogP contribution in [0.5, 0.6) is 0 Å². The van der Waals surface area contributed by atoms with Crippen LogP contribution in [0.4, 0.5) is 0 Å². The first-order valence-corrected chi connectivity index (χ1v) is 25.9. The minimum absolute atomic E-state index is 0.631. The molecule has 0 fully saturated rings. The Morgan fingerprint density at radius 1 is 0.257 bits per heavy atom. The maximum atomic E-state index is 5.75. The van der Waals surface area contributed by atoms with Gasteiger partial charge in [-0.1, -0.05) is 206 Å².